The van der Waals surface area contributed by atoms with Gasteiger partial charge in [0.2, 0.25) is 0 Å². The van der Waals surface area contributed by atoms with Gasteiger partial charge in [-0.3, -0.25) is 0 Å². The topological polar surface area (TPSA) is 70.6 Å². The number of carbonyl (C=O) groups is 1. The van der Waals surface area contributed by atoms with Crippen LogP contribution < -0.4 is 10.6 Å². The molecule has 1 saturated heterocycles. The van der Waals surface area contributed by atoms with Crippen LogP contribution in [0.1, 0.15) is 31.7 Å². The maximum absolute atomic E-state index is 11.8. The quantitative estimate of drug-likeness (QED) is 0.752. The lowest BCUT2D eigenvalue weighted by Gasteiger charge is -2.25. The summed E-state index contributed by atoms with van der Waals surface area (Å²) in [6.45, 7) is 3.09. The second-order valence-electron chi connectivity index (χ2n) is 5.79. The van der Waals surface area contributed by atoms with Crippen LogP contribution in [0.5, 0.6) is 0 Å². The van der Waals surface area contributed by atoms with Gasteiger partial charge >= 0.3 is 6.03 Å². The van der Waals surface area contributed by atoms with Gasteiger partial charge in [-0.15, -0.1) is 0 Å². The first-order valence-electron chi connectivity index (χ1n) is 7.60. The Hall–Kier alpha value is -1.30. The molecule has 1 fully saturated rings. The third-order valence-electron chi connectivity index (χ3n) is 3.82. The van der Waals surface area contributed by atoms with E-state index in [4.69, 9.17) is 16.3 Å². The van der Waals surface area contributed by atoms with Crippen molar-refractivity contribution in [3.8, 4) is 0 Å². The SMILES string of the molecule is C[C@@](O)(CNC(=O)NCC[C@H]1CCCO1)c1ccccc1Cl. The zero-order chi connectivity index (χ0) is 16.0. The minimum absolute atomic E-state index is 0.0858. The normalized spacial score (nSPS) is 20.4. The summed E-state index contributed by atoms with van der Waals surface area (Å²) in [6.07, 6.45) is 3.22. The van der Waals surface area contributed by atoms with Crippen molar-refractivity contribution >= 4 is 17.6 Å². The first kappa shape index (κ1) is 17.1. The molecule has 0 radical (unpaired) electrons. The lowest BCUT2D eigenvalue weighted by molar-refractivity contribution is 0.0593. The van der Waals surface area contributed by atoms with Crippen LogP contribution in [0.15, 0.2) is 24.3 Å². The third kappa shape index (κ3) is 4.87. The number of nitrogens with one attached hydrogen (secondary N) is 2. The lowest BCUT2D eigenvalue weighted by atomic mass is 9.96. The van der Waals surface area contributed by atoms with Gasteiger partial charge in [0.15, 0.2) is 0 Å². The number of benzene rings is 1. The minimum atomic E-state index is -1.22. The number of halogens is 1. The molecule has 1 heterocycles. The zero-order valence-corrected chi connectivity index (χ0v) is 13.5. The van der Waals surface area contributed by atoms with Crippen molar-refractivity contribution < 1.29 is 14.6 Å². The molecule has 1 aliphatic rings. The fraction of sp³-hybridized carbons (Fsp3) is 0.562. The summed E-state index contributed by atoms with van der Waals surface area (Å²) in [6, 6.07) is 6.77. The van der Waals surface area contributed by atoms with Crippen molar-refractivity contribution in [1.29, 1.82) is 0 Å². The van der Waals surface area contributed by atoms with E-state index in [1.54, 1.807) is 31.2 Å². The van der Waals surface area contributed by atoms with Crippen LogP contribution in [0.25, 0.3) is 0 Å². The number of carbonyl (C=O) groups excluding carboxylic acids is 1. The molecule has 5 nitrogen and oxygen atoms in total. The van der Waals surface area contributed by atoms with Gasteiger partial charge in [-0.2, -0.15) is 0 Å². The molecule has 0 aromatic heterocycles. The van der Waals surface area contributed by atoms with E-state index < -0.39 is 5.60 Å². The fourth-order valence-corrected chi connectivity index (χ4v) is 2.87. The van der Waals surface area contributed by atoms with E-state index in [1.807, 2.05) is 0 Å². The summed E-state index contributed by atoms with van der Waals surface area (Å²) in [5, 5.41) is 16.4. The number of hydrogen-bond acceptors (Lipinski definition) is 3. The molecule has 2 rings (SSSR count). The molecule has 0 saturated carbocycles. The zero-order valence-electron chi connectivity index (χ0n) is 12.8. The Kier molecular flexibility index (Phi) is 6.06. The van der Waals surface area contributed by atoms with E-state index in [-0.39, 0.29) is 18.7 Å². The van der Waals surface area contributed by atoms with Gasteiger partial charge in [-0.25, -0.2) is 4.79 Å². The Balaban J connectivity index is 1.74. The number of hydrogen-bond donors (Lipinski definition) is 3. The van der Waals surface area contributed by atoms with Crippen LogP contribution in [-0.4, -0.2) is 36.9 Å². The summed E-state index contributed by atoms with van der Waals surface area (Å²) in [4.78, 5) is 11.8. The number of ether oxygens (including phenoxy) is 1. The highest BCUT2D eigenvalue weighted by Gasteiger charge is 2.26. The third-order valence-corrected chi connectivity index (χ3v) is 4.15. The van der Waals surface area contributed by atoms with Crippen molar-refractivity contribution in [2.75, 3.05) is 19.7 Å². The monoisotopic (exact) mass is 326 g/mol. The summed E-state index contributed by atoms with van der Waals surface area (Å²) in [5.41, 5.74) is -0.624. The molecule has 1 aromatic rings. The second-order valence-corrected chi connectivity index (χ2v) is 6.19. The second kappa shape index (κ2) is 7.81. The van der Waals surface area contributed by atoms with Gasteiger partial charge in [0.1, 0.15) is 5.60 Å². The molecule has 0 aliphatic carbocycles. The molecule has 1 aliphatic heterocycles. The van der Waals surface area contributed by atoms with Gasteiger partial charge in [0.05, 0.1) is 12.6 Å². The number of amides is 2. The number of aliphatic hydroxyl groups is 1. The van der Waals surface area contributed by atoms with E-state index >= 15 is 0 Å². The van der Waals surface area contributed by atoms with Crippen LogP contribution in [0.3, 0.4) is 0 Å². The fourth-order valence-electron chi connectivity index (χ4n) is 2.53. The summed E-state index contributed by atoms with van der Waals surface area (Å²) in [7, 11) is 0. The first-order chi connectivity index (χ1) is 10.5. The molecular weight excluding hydrogens is 304 g/mol. The Morgan fingerprint density at radius 2 is 2.23 bits per heavy atom. The molecular formula is C16H23ClN2O3. The Morgan fingerprint density at radius 3 is 2.91 bits per heavy atom. The van der Waals surface area contributed by atoms with Crippen LogP contribution >= 0.6 is 11.6 Å². The molecule has 2 atom stereocenters. The van der Waals surface area contributed by atoms with Crippen molar-refractivity contribution in [3.05, 3.63) is 34.9 Å². The molecule has 0 spiro atoms. The molecule has 1 aromatic carbocycles. The summed E-state index contributed by atoms with van der Waals surface area (Å²) >= 11 is 6.08. The summed E-state index contributed by atoms with van der Waals surface area (Å²) in [5.74, 6) is 0. The van der Waals surface area contributed by atoms with Gasteiger partial charge in [-0.05, 0) is 32.3 Å². The maximum Gasteiger partial charge on any atom is 0.314 e. The Bertz CT molecular complexity index is 502. The minimum Gasteiger partial charge on any atom is -0.384 e. The predicted octanol–water partition coefficient (Wildman–Crippen LogP) is 2.42. The Morgan fingerprint density at radius 1 is 1.45 bits per heavy atom. The number of rotatable bonds is 6. The lowest BCUT2D eigenvalue weighted by Crippen LogP contribution is -2.44. The number of urea groups is 1. The smallest absolute Gasteiger partial charge is 0.314 e. The van der Waals surface area contributed by atoms with Crippen LogP contribution in [0.4, 0.5) is 4.79 Å². The highest BCUT2D eigenvalue weighted by Crippen LogP contribution is 2.27. The predicted molar refractivity (Wildman–Crippen MR) is 86.0 cm³/mol. The average Bonchev–Trinajstić information content (AvgIpc) is 2.99. The first-order valence-corrected chi connectivity index (χ1v) is 7.97. The molecule has 0 bridgehead atoms. The highest BCUT2D eigenvalue weighted by atomic mass is 35.5. The van der Waals surface area contributed by atoms with Crippen molar-refractivity contribution in [3.63, 3.8) is 0 Å². The van der Waals surface area contributed by atoms with Gasteiger partial charge < -0.3 is 20.5 Å². The molecule has 0 unspecified atom stereocenters. The van der Waals surface area contributed by atoms with E-state index in [0.717, 1.165) is 25.9 Å². The molecule has 6 heteroatoms. The van der Waals surface area contributed by atoms with Crippen LogP contribution in [0, 0.1) is 0 Å². The van der Waals surface area contributed by atoms with Crippen molar-refractivity contribution in [1.82, 2.24) is 10.6 Å². The van der Waals surface area contributed by atoms with Crippen LogP contribution in [0.2, 0.25) is 5.02 Å². The standard InChI is InChI=1S/C16H23ClN2O3/c1-16(21,13-6-2-3-7-14(13)17)11-19-15(20)18-9-8-12-5-4-10-22-12/h2-3,6-7,12,21H,4-5,8-11H2,1H3,(H2,18,19,20)/t12-,16-/m1/s1. The molecule has 122 valence electrons. The Labute approximate surface area is 136 Å². The largest absolute Gasteiger partial charge is 0.384 e. The van der Waals surface area contributed by atoms with Gasteiger partial charge in [-0.1, -0.05) is 29.8 Å². The summed E-state index contributed by atoms with van der Waals surface area (Å²) < 4.78 is 5.49. The van der Waals surface area contributed by atoms with E-state index in [1.165, 1.54) is 0 Å². The maximum atomic E-state index is 11.8. The van der Waals surface area contributed by atoms with Crippen molar-refractivity contribution in [2.45, 2.75) is 37.9 Å². The highest BCUT2D eigenvalue weighted by molar-refractivity contribution is 6.31. The van der Waals surface area contributed by atoms with Crippen molar-refractivity contribution in [2.24, 2.45) is 0 Å². The molecule has 3 N–H and O–H groups in total. The van der Waals surface area contributed by atoms with E-state index in [0.29, 0.717) is 17.1 Å². The average molecular weight is 327 g/mol. The van der Waals surface area contributed by atoms with Crippen LogP contribution in [-0.2, 0) is 10.3 Å². The molecule has 2 amide bonds. The molecule has 22 heavy (non-hydrogen) atoms. The van der Waals surface area contributed by atoms with E-state index in [2.05, 4.69) is 10.6 Å². The van der Waals surface area contributed by atoms with E-state index in [9.17, 15) is 9.90 Å². The van der Waals surface area contributed by atoms with Gasteiger partial charge in [0, 0.05) is 23.7 Å². The van der Waals surface area contributed by atoms with Gasteiger partial charge in [0.25, 0.3) is 0 Å².